The first-order chi connectivity index (χ1) is 12.0. The molecule has 0 bridgehead atoms. The zero-order chi connectivity index (χ0) is 17.8. The summed E-state index contributed by atoms with van der Waals surface area (Å²) < 4.78 is 4.99. The molecule has 7 heteroatoms. The Bertz CT molecular complexity index is 771. The third-order valence-electron chi connectivity index (χ3n) is 4.12. The lowest BCUT2D eigenvalue weighted by molar-refractivity contribution is -0.128. The monoisotopic (exact) mass is 342 g/mol. The Labute approximate surface area is 146 Å². The number of aromatic nitrogens is 1. The molecule has 0 spiro atoms. The summed E-state index contributed by atoms with van der Waals surface area (Å²) in [4.78, 5) is 25.8. The molecule has 25 heavy (non-hydrogen) atoms. The normalized spacial score (nSPS) is 15.3. The van der Waals surface area contributed by atoms with Crippen LogP contribution in [0.4, 0.5) is 11.6 Å². The smallest absolute Gasteiger partial charge is 0.248 e. The van der Waals surface area contributed by atoms with E-state index in [1.807, 2.05) is 29.2 Å². The average Bonchev–Trinajstić information content (AvgIpc) is 3.16. The van der Waals surface area contributed by atoms with Crippen molar-refractivity contribution in [2.24, 2.45) is 0 Å². The Morgan fingerprint density at radius 3 is 2.92 bits per heavy atom. The third kappa shape index (κ3) is 4.37. The zero-order valence-electron chi connectivity index (χ0n) is 14.4. The molecule has 0 saturated carbocycles. The maximum atomic E-state index is 12.2. The van der Waals surface area contributed by atoms with Gasteiger partial charge in [-0.05, 0) is 38.0 Å². The molecule has 2 N–H and O–H groups in total. The van der Waals surface area contributed by atoms with Gasteiger partial charge in [-0.3, -0.25) is 14.9 Å². The summed E-state index contributed by atoms with van der Waals surface area (Å²) >= 11 is 0. The molecule has 1 aliphatic heterocycles. The van der Waals surface area contributed by atoms with Crippen molar-refractivity contribution in [2.75, 3.05) is 17.2 Å². The minimum atomic E-state index is -0.450. The summed E-state index contributed by atoms with van der Waals surface area (Å²) in [6, 6.07) is 8.99. The van der Waals surface area contributed by atoms with Crippen LogP contribution in [0.5, 0.6) is 0 Å². The van der Waals surface area contributed by atoms with Gasteiger partial charge in [0.25, 0.3) is 0 Å². The molecule has 2 aromatic rings. The molecule has 1 aromatic carbocycles. The van der Waals surface area contributed by atoms with E-state index in [0.717, 1.165) is 24.2 Å². The van der Waals surface area contributed by atoms with Crippen molar-refractivity contribution in [1.82, 2.24) is 10.1 Å². The van der Waals surface area contributed by atoms with Crippen molar-refractivity contribution in [2.45, 2.75) is 39.3 Å². The SMILES string of the molecule is Cc1cc(NC(=O)C(C)Nc2cccc(CN3CCCC3=O)c2)on1. The third-order valence-corrected chi connectivity index (χ3v) is 4.12. The maximum absolute atomic E-state index is 12.2. The molecular formula is C18H22N4O3. The van der Waals surface area contributed by atoms with E-state index in [4.69, 9.17) is 4.52 Å². The van der Waals surface area contributed by atoms with Crippen molar-refractivity contribution in [3.05, 3.63) is 41.6 Å². The molecule has 1 atom stereocenters. The Morgan fingerprint density at radius 1 is 1.40 bits per heavy atom. The molecule has 7 nitrogen and oxygen atoms in total. The number of anilines is 2. The van der Waals surface area contributed by atoms with Crippen LogP contribution in [0.3, 0.4) is 0 Å². The Morgan fingerprint density at radius 2 is 2.24 bits per heavy atom. The molecule has 1 aromatic heterocycles. The summed E-state index contributed by atoms with van der Waals surface area (Å²) in [5, 5.41) is 9.58. The zero-order valence-corrected chi connectivity index (χ0v) is 14.4. The van der Waals surface area contributed by atoms with Crippen LogP contribution in [0.15, 0.2) is 34.9 Å². The molecule has 2 amide bonds. The molecule has 3 rings (SSSR count). The summed E-state index contributed by atoms with van der Waals surface area (Å²) in [6.45, 7) is 4.98. The van der Waals surface area contributed by atoms with Crippen molar-refractivity contribution in [3.63, 3.8) is 0 Å². The number of rotatable bonds is 6. The fourth-order valence-corrected chi connectivity index (χ4v) is 2.82. The molecule has 1 unspecified atom stereocenters. The van der Waals surface area contributed by atoms with Gasteiger partial charge in [-0.25, -0.2) is 0 Å². The summed E-state index contributed by atoms with van der Waals surface area (Å²) in [5.74, 6) is 0.321. The van der Waals surface area contributed by atoms with Gasteiger partial charge in [0.2, 0.25) is 17.7 Å². The van der Waals surface area contributed by atoms with Crippen LogP contribution in [-0.4, -0.2) is 34.5 Å². The summed E-state index contributed by atoms with van der Waals surface area (Å²) in [5.41, 5.74) is 2.58. The van der Waals surface area contributed by atoms with Crippen LogP contribution in [0.1, 0.15) is 31.0 Å². The molecule has 2 heterocycles. The van der Waals surface area contributed by atoms with Gasteiger partial charge in [-0.15, -0.1) is 0 Å². The quantitative estimate of drug-likeness (QED) is 0.842. The topological polar surface area (TPSA) is 87.5 Å². The van der Waals surface area contributed by atoms with Crippen LogP contribution < -0.4 is 10.6 Å². The predicted molar refractivity (Wildman–Crippen MR) is 94.0 cm³/mol. The predicted octanol–water partition coefficient (Wildman–Crippen LogP) is 2.54. The first-order valence-corrected chi connectivity index (χ1v) is 8.39. The minimum absolute atomic E-state index is 0.202. The van der Waals surface area contributed by atoms with Gasteiger partial charge in [0.15, 0.2) is 0 Å². The number of hydrogen-bond donors (Lipinski definition) is 2. The Kier molecular flexibility index (Phi) is 5.02. The molecule has 132 valence electrons. The van der Waals surface area contributed by atoms with Crippen molar-refractivity contribution in [1.29, 1.82) is 0 Å². The first kappa shape index (κ1) is 17.0. The Balaban J connectivity index is 1.59. The number of carbonyl (C=O) groups excluding carboxylic acids is 2. The van der Waals surface area contributed by atoms with Gasteiger partial charge in [0.1, 0.15) is 6.04 Å². The van der Waals surface area contributed by atoms with Crippen molar-refractivity contribution >= 4 is 23.4 Å². The van der Waals surface area contributed by atoms with Crippen molar-refractivity contribution in [3.8, 4) is 0 Å². The first-order valence-electron chi connectivity index (χ1n) is 8.39. The average molecular weight is 342 g/mol. The molecule has 0 radical (unpaired) electrons. The van der Waals surface area contributed by atoms with Crippen molar-refractivity contribution < 1.29 is 14.1 Å². The van der Waals surface area contributed by atoms with Crippen LogP contribution >= 0.6 is 0 Å². The molecule has 1 fully saturated rings. The highest BCUT2D eigenvalue weighted by atomic mass is 16.5. The molecule has 0 aliphatic carbocycles. The van der Waals surface area contributed by atoms with E-state index in [0.29, 0.717) is 24.5 Å². The van der Waals surface area contributed by atoms with Crippen LogP contribution in [0.25, 0.3) is 0 Å². The van der Waals surface area contributed by atoms with E-state index in [9.17, 15) is 9.59 Å². The lowest BCUT2D eigenvalue weighted by atomic mass is 10.1. The number of aryl methyl sites for hydroxylation is 1. The number of hydrogen-bond acceptors (Lipinski definition) is 5. The fourth-order valence-electron chi connectivity index (χ4n) is 2.82. The highest BCUT2D eigenvalue weighted by Gasteiger charge is 2.20. The highest BCUT2D eigenvalue weighted by Crippen LogP contribution is 2.18. The second-order valence-corrected chi connectivity index (χ2v) is 6.31. The number of nitrogens with one attached hydrogen (secondary N) is 2. The summed E-state index contributed by atoms with van der Waals surface area (Å²) in [7, 11) is 0. The molecule has 1 aliphatic rings. The second kappa shape index (κ2) is 7.38. The van der Waals surface area contributed by atoms with Crippen LogP contribution in [0, 0.1) is 6.92 Å². The largest absolute Gasteiger partial charge is 0.374 e. The van der Waals surface area contributed by atoms with E-state index in [-0.39, 0.29) is 11.8 Å². The minimum Gasteiger partial charge on any atom is -0.374 e. The van der Waals surface area contributed by atoms with Gasteiger partial charge in [-0.2, -0.15) is 0 Å². The molecular weight excluding hydrogens is 320 g/mol. The number of amides is 2. The number of benzene rings is 1. The standard InChI is InChI=1S/C18H22N4O3/c1-12-9-16(25-21-12)20-18(24)13(2)19-15-6-3-5-14(10-15)11-22-8-4-7-17(22)23/h3,5-6,9-10,13,19H,4,7-8,11H2,1-2H3,(H,20,24). The van der Waals surface area contributed by atoms with Gasteiger partial charge < -0.3 is 14.7 Å². The number of nitrogens with zero attached hydrogens (tertiary/aromatic N) is 2. The number of carbonyl (C=O) groups is 2. The van der Waals surface area contributed by atoms with E-state index < -0.39 is 6.04 Å². The van der Waals surface area contributed by atoms with Crippen LogP contribution in [-0.2, 0) is 16.1 Å². The number of likely N-dealkylation sites (tertiary alicyclic amines) is 1. The van der Waals surface area contributed by atoms with Gasteiger partial charge in [-0.1, -0.05) is 17.3 Å². The van der Waals surface area contributed by atoms with E-state index in [1.165, 1.54) is 0 Å². The Hall–Kier alpha value is -2.83. The summed E-state index contributed by atoms with van der Waals surface area (Å²) in [6.07, 6.45) is 1.56. The maximum Gasteiger partial charge on any atom is 0.248 e. The van der Waals surface area contributed by atoms with Gasteiger partial charge >= 0.3 is 0 Å². The molecule has 1 saturated heterocycles. The fraction of sp³-hybridized carbons (Fsp3) is 0.389. The van der Waals surface area contributed by atoms with Gasteiger partial charge in [0, 0.05) is 31.3 Å². The van der Waals surface area contributed by atoms with Gasteiger partial charge in [0.05, 0.1) is 5.69 Å². The second-order valence-electron chi connectivity index (χ2n) is 6.31. The van der Waals surface area contributed by atoms with E-state index >= 15 is 0 Å². The van der Waals surface area contributed by atoms with E-state index in [2.05, 4.69) is 15.8 Å². The lowest BCUT2D eigenvalue weighted by Gasteiger charge is -2.18. The van der Waals surface area contributed by atoms with E-state index in [1.54, 1.807) is 19.9 Å². The van der Waals surface area contributed by atoms with Crippen LogP contribution in [0.2, 0.25) is 0 Å². The highest BCUT2D eigenvalue weighted by molar-refractivity contribution is 5.95. The lowest BCUT2D eigenvalue weighted by Crippen LogP contribution is -2.31.